The number of benzene rings is 1. The molecule has 0 fully saturated rings. The van der Waals surface area contributed by atoms with Gasteiger partial charge in [0.05, 0.1) is 20.3 Å². The number of rotatable bonds is 4. The standard InChI is InChI=1S/C13H15NO3S.ClH/c1-16-10-5-9(6-11(17-2)13(10)15)12(14)8-3-4-18-7-8;/h3-7,12,15H,14H2,1-2H3;1H/t12-;/m1./s1. The summed E-state index contributed by atoms with van der Waals surface area (Å²) in [4.78, 5) is 0. The molecule has 0 unspecified atom stereocenters. The van der Waals surface area contributed by atoms with E-state index in [1.54, 1.807) is 23.5 Å². The lowest BCUT2D eigenvalue weighted by Crippen LogP contribution is -2.11. The predicted molar refractivity (Wildman–Crippen MR) is 78.8 cm³/mol. The van der Waals surface area contributed by atoms with Crippen molar-refractivity contribution < 1.29 is 14.6 Å². The molecule has 0 radical (unpaired) electrons. The molecule has 6 heteroatoms. The Hall–Kier alpha value is -1.43. The number of phenolic OH excluding ortho intramolecular Hbond substituents is 1. The summed E-state index contributed by atoms with van der Waals surface area (Å²) in [6, 6.07) is 5.15. The molecule has 19 heavy (non-hydrogen) atoms. The van der Waals surface area contributed by atoms with Gasteiger partial charge in [0.1, 0.15) is 0 Å². The zero-order valence-electron chi connectivity index (χ0n) is 10.6. The highest BCUT2D eigenvalue weighted by molar-refractivity contribution is 7.08. The fourth-order valence-corrected chi connectivity index (χ4v) is 2.43. The highest BCUT2D eigenvalue weighted by Gasteiger charge is 2.16. The maximum Gasteiger partial charge on any atom is 0.200 e. The number of aromatic hydroxyl groups is 1. The van der Waals surface area contributed by atoms with E-state index >= 15 is 0 Å². The third kappa shape index (κ3) is 3.12. The largest absolute Gasteiger partial charge is 0.502 e. The second kappa shape index (κ2) is 6.65. The van der Waals surface area contributed by atoms with Crippen molar-refractivity contribution in [3.8, 4) is 17.2 Å². The van der Waals surface area contributed by atoms with Crippen molar-refractivity contribution >= 4 is 23.7 Å². The Kier molecular flexibility index (Phi) is 5.47. The van der Waals surface area contributed by atoms with Crippen LogP contribution in [0.5, 0.6) is 17.2 Å². The van der Waals surface area contributed by atoms with Crippen LogP contribution in [0.25, 0.3) is 0 Å². The first-order valence-corrected chi connectivity index (χ1v) is 6.34. The number of halogens is 1. The lowest BCUT2D eigenvalue weighted by atomic mass is 10.0. The third-order valence-electron chi connectivity index (χ3n) is 2.76. The summed E-state index contributed by atoms with van der Waals surface area (Å²) >= 11 is 1.59. The molecule has 0 bridgehead atoms. The Labute approximate surface area is 122 Å². The van der Waals surface area contributed by atoms with Crippen LogP contribution >= 0.6 is 23.7 Å². The van der Waals surface area contributed by atoms with E-state index < -0.39 is 0 Å². The van der Waals surface area contributed by atoms with Crippen LogP contribution in [-0.2, 0) is 0 Å². The maximum atomic E-state index is 9.84. The number of thiophene rings is 1. The maximum absolute atomic E-state index is 9.84. The Morgan fingerprint density at radius 1 is 1.16 bits per heavy atom. The van der Waals surface area contributed by atoms with Gasteiger partial charge in [-0.3, -0.25) is 0 Å². The van der Waals surface area contributed by atoms with Crippen molar-refractivity contribution in [2.75, 3.05) is 14.2 Å². The number of hydrogen-bond acceptors (Lipinski definition) is 5. The van der Waals surface area contributed by atoms with Gasteiger partial charge in [0.15, 0.2) is 11.5 Å². The van der Waals surface area contributed by atoms with E-state index in [0.717, 1.165) is 11.1 Å². The third-order valence-corrected chi connectivity index (χ3v) is 3.47. The van der Waals surface area contributed by atoms with Gasteiger partial charge in [-0.1, -0.05) is 0 Å². The first-order valence-electron chi connectivity index (χ1n) is 5.40. The van der Waals surface area contributed by atoms with Crippen LogP contribution in [0, 0.1) is 0 Å². The van der Waals surface area contributed by atoms with Crippen LogP contribution in [0.3, 0.4) is 0 Å². The van der Waals surface area contributed by atoms with Crippen LogP contribution in [-0.4, -0.2) is 19.3 Å². The molecule has 2 rings (SSSR count). The number of phenols is 1. The summed E-state index contributed by atoms with van der Waals surface area (Å²) in [5.41, 5.74) is 8.03. The monoisotopic (exact) mass is 301 g/mol. The van der Waals surface area contributed by atoms with E-state index in [9.17, 15) is 5.11 Å². The summed E-state index contributed by atoms with van der Waals surface area (Å²) in [6.45, 7) is 0. The molecule has 1 aromatic carbocycles. The second-order valence-corrected chi connectivity index (χ2v) is 4.59. The van der Waals surface area contributed by atoms with Gasteiger partial charge in [-0.05, 0) is 40.1 Å². The van der Waals surface area contributed by atoms with Gasteiger partial charge in [0.2, 0.25) is 5.75 Å². The molecule has 1 heterocycles. The lowest BCUT2D eigenvalue weighted by Gasteiger charge is -2.15. The Balaban J connectivity index is 0.00000180. The van der Waals surface area contributed by atoms with Gasteiger partial charge in [-0.2, -0.15) is 11.3 Å². The zero-order valence-corrected chi connectivity index (χ0v) is 12.3. The highest BCUT2D eigenvalue weighted by atomic mass is 35.5. The summed E-state index contributed by atoms with van der Waals surface area (Å²) < 4.78 is 10.2. The van der Waals surface area contributed by atoms with Crippen molar-refractivity contribution in [3.05, 3.63) is 40.1 Å². The molecule has 0 aliphatic carbocycles. The average molecular weight is 302 g/mol. The zero-order chi connectivity index (χ0) is 13.1. The van der Waals surface area contributed by atoms with Crippen LogP contribution in [0.4, 0.5) is 0 Å². The van der Waals surface area contributed by atoms with Gasteiger partial charge in [0, 0.05) is 0 Å². The molecule has 1 aromatic heterocycles. The van der Waals surface area contributed by atoms with Crippen LogP contribution < -0.4 is 15.2 Å². The molecular weight excluding hydrogens is 286 g/mol. The van der Waals surface area contributed by atoms with Gasteiger partial charge in [-0.25, -0.2) is 0 Å². The van der Waals surface area contributed by atoms with Gasteiger partial charge < -0.3 is 20.3 Å². The molecule has 0 aliphatic rings. The Bertz CT molecular complexity index is 506. The Morgan fingerprint density at radius 3 is 2.16 bits per heavy atom. The molecular formula is C13H16ClNO3S. The predicted octanol–water partition coefficient (Wildman–Crippen LogP) is 2.94. The first kappa shape index (κ1) is 15.6. The normalized spacial score (nSPS) is 11.5. The minimum atomic E-state index is -0.264. The van der Waals surface area contributed by atoms with E-state index in [0.29, 0.717) is 11.5 Å². The molecule has 0 saturated carbocycles. The molecule has 104 valence electrons. The summed E-state index contributed by atoms with van der Waals surface area (Å²) in [6.07, 6.45) is 0. The van der Waals surface area contributed by atoms with E-state index in [1.165, 1.54) is 14.2 Å². The fraction of sp³-hybridized carbons (Fsp3) is 0.231. The van der Waals surface area contributed by atoms with Crippen molar-refractivity contribution in [2.45, 2.75) is 6.04 Å². The summed E-state index contributed by atoms with van der Waals surface area (Å²) in [5.74, 6) is 0.700. The van der Waals surface area contributed by atoms with Crippen molar-refractivity contribution in [3.63, 3.8) is 0 Å². The molecule has 1 atom stereocenters. The molecule has 0 spiro atoms. The number of nitrogens with two attached hydrogens (primary N) is 1. The number of ether oxygens (including phenoxy) is 2. The van der Waals surface area contributed by atoms with E-state index in [-0.39, 0.29) is 24.2 Å². The quantitative estimate of drug-likeness (QED) is 0.911. The Morgan fingerprint density at radius 2 is 1.74 bits per heavy atom. The van der Waals surface area contributed by atoms with Crippen molar-refractivity contribution in [1.29, 1.82) is 0 Å². The average Bonchev–Trinajstić information content (AvgIpc) is 2.92. The van der Waals surface area contributed by atoms with Gasteiger partial charge in [-0.15, -0.1) is 12.4 Å². The SMILES string of the molecule is COc1cc([C@H](N)c2ccsc2)cc(OC)c1O.Cl. The fourth-order valence-electron chi connectivity index (χ4n) is 1.74. The molecule has 0 amide bonds. The smallest absolute Gasteiger partial charge is 0.200 e. The highest BCUT2D eigenvalue weighted by Crippen LogP contribution is 2.39. The van der Waals surface area contributed by atoms with E-state index in [4.69, 9.17) is 15.2 Å². The topological polar surface area (TPSA) is 64.7 Å². The molecule has 0 aliphatic heterocycles. The summed E-state index contributed by atoms with van der Waals surface area (Å²) in [5, 5.41) is 13.8. The van der Waals surface area contributed by atoms with Gasteiger partial charge in [0.25, 0.3) is 0 Å². The molecule has 3 N–H and O–H groups in total. The van der Waals surface area contributed by atoms with Crippen molar-refractivity contribution in [2.24, 2.45) is 5.73 Å². The van der Waals surface area contributed by atoms with Crippen LogP contribution in [0.1, 0.15) is 17.2 Å². The number of methoxy groups -OCH3 is 2. The minimum absolute atomic E-state index is 0. The minimum Gasteiger partial charge on any atom is -0.502 e. The molecule has 0 saturated heterocycles. The van der Waals surface area contributed by atoms with Crippen LogP contribution in [0.15, 0.2) is 29.0 Å². The lowest BCUT2D eigenvalue weighted by molar-refractivity contribution is 0.339. The molecule has 4 nitrogen and oxygen atoms in total. The second-order valence-electron chi connectivity index (χ2n) is 3.81. The summed E-state index contributed by atoms with van der Waals surface area (Å²) in [7, 11) is 2.99. The van der Waals surface area contributed by atoms with Gasteiger partial charge >= 0.3 is 0 Å². The van der Waals surface area contributed by atoms with Crippen molar-refractivity contribution in [1.82, 2.24) is 0 Å². The van der Waals surface area contributed by atoms with E-state index in [1.807, 2.05) is 16.8 Å². The number of hydrogen-bond donors (Lipinski definition) is 2. The first-order chi connectivity index (χ1) is 8.67. The van der Waals surface area contributed by atoms with Crippen LogP contribution in [0.2, 0.25) is 0 Å². The van der Waals surface area contributed by atoms with E-state index in [2.05, 4.69) is 0 Å². The molecule has 2 aromatic rings.